The maximum absolute atomic E-state index is 13.8. The molecule has 10 nitrogen and oxygen atoms in total. The number of halogens is 1. The second-order valence-corrected chi connectivity index (χ2v) is 12.2. The average Bonchev–Trinajstić information content (AvgIpc) is 3.43. The fourth-order valence-corrected chi connectivity index (χ4v) is 7.16. The van der Waals surface area contributed by atoms with Gasteiger partial charge in [-0.2, -0.15) is 5.26 Å². The molecule has 11 heteroatoms. The number of likely N-dealkylation sites (N-methyl/N-ethyl adjacent to an activating group) is 1. The molecule has 228 valence electrons. The molecule has 2 fully saturated rings. The van der Waals surface area contributed by atoms with Gasteiger partial charge in [-0.05, 0) is 51.3 Å². The minimum Gasteiger partial charge on any atom is -0.476 e. The summed E-state index contributed by atoms with van der Waals surface area (Å²) in [6.45, 7) is 8.59. The number of hydrogen-bond acceptors (Lipinski definition) is 9. The number of ether oxygens (including phenoxy) is 1. The average molecular weight is 589 g/mol. The summed E-state index contributed by atoms with van der Waals surface area (Å²) in [5, 5.41) is 9.51. The van der Waals surface area contributed by atoms with E-state index in [1.54, 1.807) is 0 Å². The van der Waals surface area contributed by atoms with Crippen molar-refractivity contribution in [3.05, 3.63) is 47.7 Å². The van der Waals surface area contributed by atoms with Gasteiger partial charge in [0.1, 0.15) is 6.61 Å². The second-order valence-electron chi connectivity index (χ2n) is 12.2. The lowest BCUT2D eigenvalue weighted by atomic mass is 9.98. The van der Waals surface area contributed by atoms with E-state index in [1.165, 1.54) is 22.6 Å². The number of rotatable bonds is 7. The highest BCUT2D eigenvalue weighted by Crippen LogP contribution is 2.39. The summed E-state index contributed by atoms with van der Waals surface area (Å²) in [6, 6.07) is 4.14. The Morgan fingerprint density at radius 1 is 1.09 bits per heavy atom. The quantitative estimate of drug-likeness (QED) is 0.452. The highest BCUT2D eigenvalue weighted by molar-refractivity contribution is 5.91. The van der Waals surface area contributed by atoms with E-state index < -0.39 is 17.8 Å². The van der Waals surface area contributed by atoms with E-state index in [-0.39, 0.29) is 6.42 Å². The van der Waals surface area contributed by atoms with Gasteiger partial charge in [0.05, 0.1) is 48.3 Å². The zero-order valence-corrected chi connectivity index (χ0v) is 25.3. The van der Waals surface area contributed by atoms with Crippen LogP contribution in [-0.2, 0) is 24.2 Å². The fourth-order valence-electron chi connectivity index (χ4n) is 7.16. The lowest BCUT2D eigenvalue weighted by molar-refractivity contribution is -0.131. The molecule has 0 aliphatic carbocycles. The van der Waals surface area contributed by atoms with Crippen LogP contribution < -0.4 is 19.4 Å². The van der Waals surface area contributed by atoms with Crippen molar-refractivity contribution in [3.63, 3.8) is 0 Å². The standard InChI is InChI=1S/C32H41FN8O2/c1-22(33)32(42)41-15-14-40(19-24(41)8-10-34)28-16-30(43-21-25-7-5-11-37(25)2)36-27-20-39(13-9-26(27)28)29-18-35-17-23-6-4-12-38(3)31(23)29/h16-18,24-25H,1,4-9,11-15,19-21H2,2-3H3/t24-,25-/m0/s1. The maximum atomic E-state index is 13.8. The van der Waals surface area contributed by atoms with Gasteiger partial charge in [0, 0.05) is 69.3 Å². The van der Waals surface area contributed by atoms with Crippen molar-refractivity contribution in [2.45, 2.75) is 57.2 Å². The minimum absolute atomic E-state index is 0.119. The number of aryl methyl sites for hydroxylation is 1. The SMILES string of the molecule is C=C(F)C(=O)N1CCN(c2cc(OC[C@@H]3CCCN3C)nc3c2CCN(c2cncc4c2N(C)CCC4)C3)C[C@@H]1CC#N. The van der Waals surface area contributed by atoms with Crippen LogP contribution in [0.5, 0.6) is 5.88 Å². The number of carbonyl (C=O) groups excluding carboxylic acids is 1. The smallest absolute Gasteiger partial charge is 0.282 e. The molecule has 4 aliphatic rings. The van der Waals surface area contributed by atoms with Gasteiger partial charge in [-0.3, -0.25) is 9.78 Å². The largest absolute Gasteiger partial charge is 0.476 e. The molecule has 6 heterocycles. The molecule has 0 aromatic carbocycles. The zero-order chi connectivity index (χ0) is 30.1. The van der Waals surface area contributed by atoms with Crippen LogP contribution >= 0.6 is 0 Å². The number of amides is 1. The van der Waals surface area contributed by atoms with Gasteiger partial charge in [-0.15, -0.1) is 0 Å². The number of anilines is 3. The molecule has 43 heavy (non-hydrogen) atoms. The monoisotopic (exact) mass is 588 g/mol. The van der Waals surface area contributed by atoms with Gasteiger partial charge >= 0.3 is 0 Å². The Bertz CT molecular complexity index is 1430. The number of pyridine rings is 2. The van der Waals surface area contributed by atoms with E-state index in [0.29, 0.717) is 44.7 Å². The van der Waals surface area contributed by atoms with E-state index in [9.17, 15) is 14.4 Å². The molecule has 2 saturated heterocycles. The third-order valence-electron chi connectivity index (χ3n) is 9.51. The van der Waals surface area contributed by atoms with Crippen molar-refractivity contribution in [3.8, 4) is 11.9 Å². The van der Waals surface area contributed by atoms with Crippen LogP contribution in [0.2, 0.25) is 0 Å². The normalized spacial score (nSPS) is 22.2. The van der Waals surface area contributed by atoms with E-state index in [2.05, 4.69) is 51.3 Å². The number of nitrogens with zero attached hydrogens (tertiary/aromatic N) is 8. The van der Waals surface area contributed by atoms with Crippen molar-refractivity contribution < 1.29 is 13.9 Å². The Morgan fingerprint density at radius 3 is 2.72 bits per heavy atom. The van der Waals surface area contributed by atoms with Crippen LogP contribution in [0, 0.1) is 11.3 Å². The summed E-state index contributed by atoms with van der Waals surface area (Å²) >= 11 is 0. The molecular formula is C32H41FN8O2. The molecule has 0 spiro atoms. The molecule has 6 rings (SSSR count). The van der Waals surface area contributed by atoms with Gasteiger partial charge in [-0.25, -0.2) is 9.37 Å². The van der Waals surface area contributed by atoms with Crippen LogP contribution in [0.1, 0.15) is 42.5 Å². The zero-order valence-electron chi connectivity index (χ0n) is 25.3. The Hall–Kier alpha value is -3.91. The molecule has 1 amide bonds. The number of nitriles is 1. The molecule has 0 N–H and O–H groups in total. The molecule has 2 aromatic rings. The van der Waals surface area contributed by atoms with E-state index in [4.69, 9.17) is 9.72 Å². The van der Waals surface area contributed by atoms with Gasteiger partial charge in [-0.1, -0.05) is 6.58 Å². The second kappa shape index (κ2) is 12.4. The topological polar surface area (TPSA) is 92.1 Å². The number of likely N-dealkylation sites (tertiary alicyclic amines) is 1. The van der Waals surface area contributed by atoms with Crippen molar-refractivity contribution >= 4 is 23.0 Å². The predicted molar refractivity (Wildman–Crippen MR) is 164 cm³/mol. The molecule has 2 atom stereocenters. The molecule has 0 unspecified atom stereocenters. The predicted octanol–water partition coefficient (Wildman–Crippen LogP) is 3.31. The first-order valence-electron chi connectivity index (χ1n) is 15.4. The highest BCUT2D eigenvalue weighted by Gasteiger charge is 2.35. The third-order valence-corrected chi connectivity index (χ3v) is 9.51. The Labute approximate surface area is 253 Å². The van der Waals surface area contributed by atoms with Gasteiger partial charge in [0.2, 0.25) is 5.88 Å². The molecule has 2 aromatic heterocycles. The lowest BCUT2D eigenvalue weighted by Gasteiger charge is -2.43. The third kappa shape index (κ3) is 5.85. The summed E-state index contributed by atoms with van der Waals surface area (Å²) in [6.07, 6.45) is 9.32. The number of hydrogen-bond donors (Lipinski definition) is 0. The van der Waals surface area contributed by atoms with Crippen LogP contribution in [0.25, 0.3) is 0 Å². The number of aromatic nitrogens is 2. The molecular weight excluding hydrogens is 547 g/mol. The van der Waals surface area contributed by atoms with Gasteiger partial charge < -0.3 is 29.2 Å². The summed E-state index contributed by atoms with van der Waals surface area (Å²) in [7, 11) is 4.29. The Kier molecular flexibility index (Phi) is 8.39. The van der Waals surface area contributed by atoms with E-state index in [0.717, 1.165) is 67.9 Å². The number of carbonyl (C=O) groups is 1. The highest BCUT2D eigenvalue weighted by atomic mass is 19.1. The molecule has 0 saturated carbocycles. The van der Waals surface area contributed by atoms with Crippen LogP contribution in [0.3, 0.4) is 0 Å². The molecule has 4 aliphatic heterocycles. The number of fused-ring (bicyclic) bond motifs is 2. The van der Waals surface area contributed by atoms with E-state index >= 15 is 0 Å². The van der Waals surface area contributed by atoms with Crippen LogP contribution in [-0.4, -0.2) is 97.7 Å². The van der Waals surface area contributed by atoms with Gasteiger partial charge in [0.25, 0.3) is 5.91 Å². The fraction of sp³-hybridized carbons (Fsp3) is 0.562. The lowest BCUT2D eigenvalue weighted by Crippen LogP contribution is -2.55. The summed E-state index contributed by atoms with van der Waals surface area (Å²) in [5.41, 5.74) is 6.85. The van der Waals surface area contributed by atoms with Crippen molar-refractivity contribution in [1.29, 1.82) is 5.26 Å². The summed E-state index contributed by atoms with van der Waals surface area (Å²) < 4.78 is 20.2. The first kappa shape index (κ1) is 29.2. The Morgan fingerprint density at radius 2 is 1.95 bits per heavy atom. The molecule has 0 radical (unpaired) electrons. The summed E-state index contributed by atoms with van der Waals surface area (Å²) in [4.78, 5) is 32.9. The molecule has 0 bridgehead atoms. The van der Waals surface area contributed by atoms with Crippen molar-refractivity contribution in [2.24, 2.45) is 0 Å². The maximum Gasteiger partial charge on any atom is 0.282 e. The first-order valence-corrected chi connectivity index (χ1v) is 15.4. The van der Waals surface area contributed by atoms with Crippen molar-refractivity contribution in [2.75, 3.05) is 74.7 Å². The van der Waals surface area contributed by atoms with Crippen LogP contribution in [0.4, 0.5) is 21.5 Å². The Balaban J connectivity index is 1.32. The van der Waals surface area contributed by atoms with Crippen molar-refractivity contribution in [1.82, 2.24) is 19.8 Å². The number of piperazine rings is 1. The van der Waals surface area contributed by atoms with Crippen LogP contribution in [0.15, 0.2) is 30.9 Å². The summed E-state index contributed by atoms with van der Waals surface area (Å²) in [5.74, 6) is -1.14. The minimum atomic E-state index is -0.992. The van der Waals surface area contributed by atoms with Gasteiger partial charge in [0.15, 0.2) is 5.83 Å². The van der Waals surface area contributed by atoms with E-state index in [1.807, 2.05) is 18.5 Å². The first-order chi connectivity index (χ1) is 20.8.